The zero-order valence-electron chi connectivity index (χ0n) is 14.3. The van der Waals surface area contributed by atoms with Gasteiger partial charge in [0.15, 0.2) is 11.5 Å². The minimum atomic E-state index is -0.305. The Morgan fingerprint density at radius 2 is 1.80 bits per heavy atom. The second-order valence-corrected chi connectivity index (χ2v) is 5.55. The smallest absolute Gasteiger partial charge is 0.322 e. The molecule has 0 radical (unpaired) electrons. The number of nitrogens with zero attached hydrogens (tertiary/aromatic N) is 1. The Kier molecular flexibility index (Phi) is 4.55. The number of carbonyl (C=O) groups is 1. The number of ether oxygens (including phenoxy) is 3. The van der Waals surface area contributed by atoms with Gasteiger partial charge in [-0.05, 0) is 0 Å². The number of hydrogen-bond donors (Lipinski definition) is 3. The van der Waals surface area contributed by atoms with Gasteiger partial charge in [0.1, 0.15) is 0 Å². The van der Waals surface area contributed by atoms with Crippen molar-refractivity contribution in [1.82, 2.24) is 15.1 Å². The molecule has 1 aromatic carbocycles. The summed E-state index contributed by atoms with van der Waals surface area (Å²) < 4.78 is 15.8. The monoisotopic (exact) mass is 348 g/mol. The van der Waals surface area contributed by atoms with Gasteiger partial charge in [-0.2, -0.15) is 0 Å². The third-order valence-corrected chi connectivity index (χ3v) is 4.15. The summed E-state index contributed by atoms with van der Waals surface area (Å²) in [6.07, 6.45) is 0.594. The maximum Gasteiger partial charge on any atom is 0.322 e. The number of amides is 2. The first-order valence-corrected chi connectivity index (χ1v) is 7.71. The van der Waals surface area contributed by atoms with E-state index in [1.54, 1.807) is 17.0 Å². The number of methoxy groups -OCH3 is 3. The van der Waals surface area contributed by atoms with E-state index < -0.39 is 0 Å². The third kappa shape index (κ3) is 3.12. The molecular weight excluding hydrogens is 328 g/mol. The first kappa shape index (κ1) is 16.7. The van der Waals surface area contributed by atoms with Gasteiger partial charge in [-0.1, -0.05) is 0 Å². The molecule has 0 fully saturated rings. The normalized spacial score (nSPS) is 13.2. The summed E-state index contributed by atoms with van der Waals surface area (Å²) in [5, 5.41) is 8.18. The number of aromatic nitrogens is 2. The first-order valence-electron chi connectivity index (χ1n) is 7.71. The summed E-state index contributed by atoms with van der Waals surface area (Å²) in [5.41, 5.74) is 1.75. The van der Waals surface area contributed by atoms with Gasteiger partial charge in [0.2, 0.25) is 5.75 Å². The number of hydrogen-bond acceptors (Lipinski definition) is 5. The van der Waals surface area contributed by atoms with Crippen LogP contribution in [0.4, 0.5) is 10.5 Å². The molecule has 0 aliphatic carbocycles. The Bertz CT molecular complexity index is 816. The van der Waals surface area contributed by atoms with E-state index in [-0.39, 0.29) is 18.1 Å². The maximum absolute atomic E-state index is 12.5. The van der Waals surface area contributed by atoms with Crippen molar-refractivity contribution in [3.8, 4) is 17.2 Å². The lowest BCUT2D eigenvalue weighted by atomic mass is 10.1. The van der Waals surface area contributed by atoms with E-state index in [1.807, 2.05) is 0 Å². The second kappa shape index (κ2) is 6.80. The number of H-pyrrole nitrogens is 2. The molecule has 9 heteroatoms. The maximum atomic E-state index is 12.5. The molecule has 25 heavy (non-hydrogen) atoms. The predicted molar refractivity (Wildman–Crippen MR) is 90.6 cm³/mol. The predicted octanol–water partition coefficient (Wildman–Crippen LogP) is 1.32. The summed E-state index contributed by atoms with van der Waals surface area (Å²) in [6.45, 7) is 0.765. The van der Waals surface area contributed by atoms with Gasteiger partial charge in [0.25, 0.3) is 5.56 Å². The van der Waals surface area contributed by atoms with Crippen LogP contribution in [-0.2, 0) is 13.0 Å². The zero-order chi connectivity index (χ0) is 18.0. The molecular formula is C16H20N4O5. The minimum Gasteiger partial charge on any atom is -0.493 e. The van der Waals surface area contributed by atoms with Gasteiger partial charge >= 0.3 is 6.03 Å². The Morgan fingerprint density at radius 3 is 2.40 bits per heavy atom. The number of nitrogens with one attached hydrogen (secondary N) is 3. The van der Waals surface area contributed by atoms with Crippen LogP contribution < -0.4 is 25.1 Å². The van der Waals surface area contributed by atoms with Crippen molar-refractivity contribution in [2.24, 2.45) is 0 Å². The van der Waals surface area contributed by atoms with Crippen molar-refractivity contribution < 1.29 is 19.0 Å². The van der Waals surface area contributed by atoms with Crippen molar-refractivity contribution in [2.45, 2.75) is 13.0 Å². The molecule has 2 amide bonds. The van der Waals surface area contributed by atoms with Crippen molar-refractivity contribution in [3.05, 3.63) is 33.7 Å². The first-order chi connectivity index (χ1) is 12.1. The van der Waals surface area contributed by atoms with E-state index in [0.29, 0.717) is 41.5 Å². The largest absolute Gasteiger partial charge is 0.493 e. The standard InChI is InChI=1S/C16H20N4O5/c1-23-12-6-9(7-13(24-2)14(12)25-3)17-16(22)20-5-4-11-10(8-20)15(21)19-18-11/h6-7H,4-5,8H2,1-3H3,(H,17,22)(H2,18,19,21). The van der Waals surface area contributed by atoms with Crippen molar-refractivity contribution in [2.75, 3.05) is 33.2 Å². The fraction of sp³-hybridized carbons (Fsp3) is 0.375. The molecule has 2 aromatic rings. The number of anilines is 1. The third-order valence-electron chi connectivity index (χ3n) is 4.15. The highest BCUT2D eigenvalue weighted by molar-refractivity contribution is 5.90. The molecule has 3 N–H and O–H groups in total. The Balaban J connectivity index is 1.79. The zero-order valence-corrected chi connectivity index (χ0v) is 14.3. The van der Waals surface area contributed by atoms with Crippen LogP contribution in [0.25, 0.3) is 0 Å². The molecule has 2 heterocycles. The van der Waals surface area contributed by atoms with E-state index in [1.165, 1.54) is 21.3 Å². The van der Waals surface area contributed by atoms with Crippen LogP contribution in [0.1, 0.15) is 11.3 Å². The Labute approximate surface area is 143 Å². The van der Waals surface area contributed by atoms with E-state index in [0.717, 1.165) is 5.69 Å². The molecule has 9 nitrogen and oxygen atoms in total. The Hall–Kier alpha value is -3.10. The number of rotatable bonds is 4. The van der Waals surface area contributed by atoms with E-state index in [2.05, 4.69) is 15.5 Å². The van der Waals surface area contributed by atoms with E-state index >= 15 is 0 Å². The van der Waals surface area contributed by atoms with Gasteiger partial charge in [-0.3, -0.25) is 9.89 Å². The number of benzene rings is 1. The average Bonchev–Trinajstić information content (AvgIpc) is 3.01. The molecule has 1 aliphatic heterocycles. The van der Waals surface area contributed by atoms with Crippen LogP contribution in [0.5, 0.6) is 17.2 Å². The molecule has 0 atom stereocenters. The fourth-order valence-corrected chi connectivity index (χ4v) is 2.85. The summed E-state index contributed by atoms with van der Waals surface area (Å²) in [4.78, 5) is 25.9. The van der Waals surface area contributed by atoms with Gasteiger partial charge < -0.3 is 29.5 Å². The quantitative estimate of drug-likeness (QED) is 0.772. The highest BCUT2D eigenvalue weighted by Crippen LogP contribution is 2.40. The molecule has 1 aliphatic rings. The average molecular weight is 348 g/mol. The van der Waals surface area contributed by atoms with Gasteiger partial charge in [-0.15, -0.1) is 0 Å². The van der Waals surface area contributed by atoms with Crippen LogP contribution in [0.15, 0.2) is 16.9 Å². The summed E-state index contributed by atoms with van der Waals surface area (Å²) >= 11 is 0. The molecule has 0 bridgehead atoms. The van der Waals surface area contributed by atoms with Crippen LogP contribution in [0.2, 0.25) is 0 Å². The number of carbonyl (C=O) groups excluding carboxylic acids is 1. The van der Waals surface area contributed by atoms with Crippen LogP contribution in [0.3, 0.4) is 0 Å². The highest BCUT2D eigenvalue weighted by Gasteiger charge is 2.24. The molecule has 0 saturated carbocycles. The van der Waals surface area contributed by atoms with Crippen LogP contribution in [-0.4, -0.2) is 49.0 Å². The highest BCUT2D eigenvalue weighted by atomic mass is 16.5. The van der Waals surface area contributed by atoms with Gasteiger partial charge in [0.05, 0.1) is 39.1 Å². The lowest BCUT2D eigenvalue weighted by Gasteiger charge is -2.26. The topological polar surface area (TPSA) is 109 Å². The molecule has 0 unspecified atom stereocenters. The lowest BCUT2D eigenvalue weighted by molar-refractivity contribution is 0.206. The van der Waals surface area contributed by atoms with Crippen LogP contribution >= 0.6 is 0 Å². The van der Waals surface area contributed by atoms with Crippen molar-refractivity contribution in [3.63, 3.8) is 0 Å². The van der Waals surface area contributed by atoms with Crippen molar-refractivity contribution in [1.29, 1.82) is 0 Å². The summed E-state index contributed by atoms with van der Waals surface area (Å²) in [5.74, 6) is 1.34. The summed E-state index contributed by atoms with van der Waals surface area (Å²) in [7, 11) is 4.53. The molecule has 3 rings (SSSR count). The molecule has 0 spiro atoms. The van der Waals surface area contributed by atoms with Crippen LogP contribution in [0, 0.1) is 0 Å². The van der Waals surface area contributed by atoms with Gasteiger partial charge in [0, 0.05) is 30.8 Å². The van der Waals surface area contributed by atoms with Crippen molar-refractivity contribution >= 4 is 11.7 Å². The molecule has 134 valence electrons. The molecule has 1 aromatic heterocycles. The van der Waals surface area contributed by atoms with E-state index in [4.69, 9.17) is 14.2 Å². The molecule has 0 saturated heterocycles. The minimum absolute atomic E-state index is 0.194. The number of urea groups is 1. The fourth-order valence-electron chi connectivity index (χ4n) is 2.85. The lowest BCUT2D eigenvalue weighted by Crippen LogP contribution is -2.40. The Morgan fingerprint density at radius 1 is 1.12 bits per heavy atom. The SMILES string of the molecule is COc1cc(NC(=O)N2CCc3[nH][nH]c(=O)c3C2)cc(OC)c1OC. The number of aromatic amines is 2. The van der Waals surface area contributed by atoms with Gasteiger partial charge in [-0.25, -0.2) is 4.79 Å². The van der Waals surface area contributed by atoms with E-state index in [9.17, 15) is 9.59 Å². The summed E-state index contributed by atoms with van der Waals surface area (Å²) in [6, 6.07) is 3.00. The second-order valence-electron chi connectivity index (χ2n) is 5.55. The number of fused-ring (bicyclic) bond motifs is 1.